The minimum atomic E-state index is -0.549. The van der Waals surface area contributed by atoms with Crippen molar-refractivity contribution >= 4 is 23.2 Å². The molecule has 3 rings (SSSR count). The fraction of sp³-hybridized carbons (Fsp3) is 0.176. The van der Waals surface area contributed by atoms with E-state index in [1.807, 2.05) is 30.3 Å². The van der Waals surface area contributed by atoms with Crippen LogP contribution in [-0.4, -0.2) is 29.3 Å². The highest BCUT2D eigenvalue weighted by Gasteiger charge is 2.31. The zero-order chi connectivity index (χ0) is 17.1. The zero-order valence-electron chi connectivity index (χ0n) is 12.7. The Bertz CT molecular complexity index is 791. The number of hydrogen-bond acceptors (Lipinski definition) is 4. The van der Waals surface area contributed by atoms with E-state index in [9.17, 15) is 19.7 Å². The third kappa shape index (κ3) is 3.24. The van der Waals surface area contributed by atoms with Crippen molar-refractivity contribution in [3.8, 4) is 0 Å². The largest absolute Gasteiger partial charge is 0.347 e. The third-order valence-electron chi connectivity index (χ3n) is 3.85. The van der Waals surface area contributed by atoms with Gasteiger partial charge in [0.2, 0.25) is 5.91 Å². The van der Waals surface area contributed by atoms with Crippen molar-refractivity contribution < 1.29 is 14.5 Å². The van der Waals surface area contributed by atoms with Crippen LogP contribution in [0.5, 0.6) is 0 Å². The number of nitro groups is 1. The molecule has 24 heavy (non-hydrogen) atoms. The van der Waals surface area contributed by atoms with E-state index in [-0.39, 0.29) is 29.6 Å². The fourth-order valence-electron chi connectivity index (χ4n) is 2.69. The molecular weight excluding hydrogens is 310 g/mol. The molecule has 1 aliphatic heterocycles. The molecule has 1 heterocycles. The summed E-state index contributed by atoms with van der Waals surface area (Å²) >= 11 is 0. The molecule has 0 saturated carbocycles. The Balaban J connectivity index is 1.69. The maximum atomic E-state index is 12.3. The number of hydrogen-bond donors (Lipinski definition) is 1. The maximum absolute atomic E-state index is 12.3. The summed E-state index contributed by atoms with van der Waals surface area (Å²) in [5.74, 6) is -0.489. The summed E-state index contributed by atoms with van der Waals surface area (Å²) < 4.78 is 0. The van der Waals surface area contributed by atoms with Crippen molar-refractivity contribution in [2.75, 3.05) is 11.4 Å². The smallest absolute Gasteiger partial charge is 0.270 e. The van der Waals surface area contributed by atoms with Crippen LogP contribution in [0.1, 0.15) is 16.8 Å². The number of nitro benzene ring substituents is 1. The van der Waals surface area contributed by atoms with Gasteiger partial charge in [-0.2, -0.15) is 0 Å². The van der Waals surface area contributed by atoms with Gasteiger partial charge in [-0.05, 0) is 18.2 Å². The second-order valence-electron chi connectivity index (χ2n) is 5.52. The molecule has 7 nitrogen and oxygen atoms in total. The van der Waals surface area contributed by atoms with Gasteiger partial charge in [-0.25, -0.2) is 0 Å². The SMILES string of the molecule is O=C(N[C@@H]1CC(=O)N(c2ccccc2)C1)c1cccc([N+](=O)[O-])c1. The average Bonchev–Trinajstić information content (AvgIpc) is 2.96. The number of para-hydroxylation sites is 1. The van der Waals surface area contributed by atoms with Crippen molar-refractivity contribution in [1.82, 2.24) is 5.32 Å². The van der Waals surface area contributed by atoms with Gasteiger partial charge in [0.15, 0.2) is 0 Å². The minimum Gasteiger partial charge on any atom is -0.347 e. The Hall–Kier alpha value is -3.22. The summed E-state index contributed by atoms with van der Waals surface area (Å²) in [6, 6.07) is 14.4. The van der Waals surface area contributed by atoms with Crippen LogP contribution in [0.4, 0.5) is 11.4 Å². The minimum absolute atomic E-state index is 0.0643. The Labute approximate surface area is 138 Å². The second kappa shape index (κ2) is 6.49. The number of amides is 2. The van der Waals surface area contributed by atoms with E-state index in [0.717, 1.165) is 5.69 Å². The standard InChI is InChI=1S/C17H15N3O4/c21-16-10-13(11-19(16)14-6-2-1-3-7-14)18-17(22)12-5-4-8-15(9-12)20(23)24/h1-9,13H,10-11H2,(H,18,22)/t13-/m1/s1. The van der Waals surface area contributed by atoms with Crippen LogP contribution in [0.2, 0.25) is 0 Å². The Kier molecular flexibility index (Phi) is 4.24. The van der Waals surface area contributed by atoms with Crippen molar-refractivity contribution in [1.29, 1.82) is 0 Å². The lowest BCUT2D eigenvalue weighted by molar-refractivity contribution is -0.384. The lowest BCUT2D eigenvalue weighted by Gasteiger charge is -2.17. The molecule has 2 amide bonds. The van der Waals surface area contributed by atoms with E-state index < -0.39 is 10.8 Å². The molecule has 0 aromatic heterocycles. The van der Waals surface area contributed by atoms with Gasteiger partial charge in [0.1, 0.15) is 0 Å². The van der Waals surface area contributed by atoms with Gasteiger partial charge in [-0.1, -0.05) is 24.3 Å². The lowest BCUT2D eigenvalue weighted by Crippen LogP contribution is -2.37. The Morgan fingerprint density at radius 3 is 2.62 bits per heavy atom. The number of carbonyl (C=O) groups excluding carboxylic acids is 2. The van der Waals surface area contributed by atoms with Gasteiger partial charge in [0, 0.05) is 36.3 Å². The molecule has 2 aromatic rings. The second-order valence-corrected chi connectivity index (χ2v) is 5.52. The molecule has 122 valence electrons. The number of rotatable bonds is 4. The first-order valence-electron chi connectivity index (χ1n) is 7.45. The summed E-state index contributed by atoms with van der Waals surface area (Å²) in [4.78, 5) is 36.3. The van der Waals surface area contributed by atoms with Gasteiger partial charge >= 0.3 is 0 Å². The first-order valence-corrected chi connectivity index (χ1v) is 7.45. The summed E-state index contributed by atoms with van der Waals surface area (Å²) in [7, 11) is 0. The van der Waals surface area contributed by atoms with Crippen molar-refractivity contribution in [2.45, 2.75) is 12.5 Å². The first-order chi connectivity index (χ1) is 11.5. The number of nitrogens with one attached hydrogen (secondary N) is 1. The van der Waals surface area contributed by atoms with Crippen LogP contribution in [0, 0.1) is 10.1 Å². The van der Waals surface area contributed by atoms with E-state index in [1.165, 1.54) is 24.3 Å². The zero-order valence-corrected chi connectivity index (χ0v) is 12.7. The molecule has 1 fully saturated rings. The summed E-state index contributed by atoms with van der Waals surface area (Å²) in [5.41, 5.74) is 0.848. The number of carbonyl (C=O) groups is 2. The number of anilines is 1. The van der Waals surface area contributed by atoms with E-state index in [2.05, 4.69) is 5.32 Å². The molecule has 0 unspecified atom stereocenters. The van der Waals surface area contributed by atoms with Gasteiger partial charge in [0.25, 0.3) is 11.6 Å². The van der Waals surface area contributed by atoms with E-state index in [0.29, 0.717) is 6.54 Å². The van der Waals surface area contributed by atoms with Crippen molar-refractivity contribution in [3.63, 3.8) is 0 Å². The highest BCUT2D eigenvalue weighted by molar-refractivity contribution is 5.99. The molecule has 1 saturated heterocycles. The topological polar surface area (TPSA) is 92.6 Å². The average molecular weight is 325 g/mol. The number of nitrogens with zero attached hydrogens (tertiary/aromatic N) is 2. The molecule has 0 radical (unpaired) electrons. The van der Waals surface area contributed by atoms with Crippen molar-refractivity contribution in [2.24, 2.45) is 0 Å². The Morgan fingerprint density at radius 1 is 1.17 bits per heavy atom. The van der Waals surface area contributed by atoms with Crippen molar-refractivity contribution in [3.05, 3.63) is 70.3 Å². The molecule has 1 aliphatic rings. The molecule has 0 bridgehead atoms. The quantitative estimate of drug-likeness (QED) is 0.688. The third-order valence-corrected chi connectivity index (χ3v) is 3.85. The molecule has 1 atom stereocenters. The highest BCUT2D eigenvalue weighted by Crippen LogP contribution is 2.21. The lowest BCUT2D eigenvalue weighted by atomic mass is 10.1. The van der Waals surface area contributed by atoms with Gasteiger partial charge in [-0.15, -0.1) is 0 Å². The molecule has 7 heteroatoms. The van der Waals surface area contributed by atoms with Gasteiger partial charge in [0.05, 0.1) is 11.0 Å². The van der Waals surface area contributed by atoms with Gasteiger partial charge < -0.3 is 10.2 Å². The predicted molar refractivity (Wildman–Crippen MR) is 87.8 cm³/mol. The number of non-ortho nitro benzene ring substituents is 1. The van der Waals surface area contributed by atoms with Crippen LogP contribution in [-0.2, 0) is 4.79 Å². The summed E-state index contributed by atoms with van der Waals surface area (Å²) in [6.45, 7) is 0.378. The normalized spacial score (nSPS) is 16.9. The summed E-state index contributed by atoms with van der Waals surface area (Å²) in [5, 5.41) is 13.6. The molecule has 0 spiro atoms. The van der Waals surface area contributed by atoms with E-state index in [1.54, 1.807) is 4.90 Å². The van der Waals surface area contributed by atoms with E-state index in [4.69, 9.17) is 0 Å². The van der Waals surface area contributed by atoms with Crippen LogP contribution >= 0.6 is 0 Å². The van der Waals surface area contributed by atoms with Crippen LogP contribution in [0.25, 0.3) is 0 Å². The van der Waals surface area contributed by atoms with Crippen LogP contribution in [0.15, 0.2) is 54.6 Å². The molecule has 0 aliphatic carbocycles. The van der Waals surface area contributed by atoms with Gasteiger partial charge in [-0.3, -0.25) is 19.7 Å². The van der Waals surface area contributed by atoms with Crippen LogP contribution < -0.4 is 10.2 Å². The summed E-state index contributed by atoms with van der Waals surface area (Å²) in [6.07, 6.45) is 0.204. The highest BCUT2D eigenvalue weighted by atomic mass is 16.6. The first kappa shape index (κ1) is 15.7. The monoisotopic (exact) mass is 325 g/mol. The van der Waals surface area contributed by atoms with E-state index >= 15 is 0 Å². The molecule has 1 N–H and O–H groups in total. The molecule has 2 aromatic carbocycles. The number of benzene rings is 2. The fourth-order valence-corrected chi connectivity index (χ4v) is 2.69. The van der Waals surface area contributed by atoms with Crippen LogP contribution in [0.3, 0.4) is 0 Å². The molecular formula is C17H15N3O4. The maximum Gasteiger partial charge on any atom is 0.270 e. The predicted octanol–water partition coefficient (Wildman–Crippen LogP) is 2.13. The Morgan fingerprint density at radius 2 is 1.92 bits per heavy atom.